The number of methoxy groups -OCH3 is 1. The van der Waals surface area contributed by atoms with Gasteiger partial charge in [0.15, 0.2) is 0 Å². The Kier molecular flexibility index (Phi) is 4.56. The lowest BCUT2D eigenvalue weighted by Gasteiger charge is -2.42. The van der Waals surface area contributed by atoms with E-state index in [9.17, 15) is 13.2 Å². The number of rotatable bonds is 4. The predicted molar refractivity (Wildman–Crippen MR) is 111 cm³/mol. The lowest BCUT2D eigenvalue weighted by atomic mass is 9.84. The highest BCUT2D eigenvalue weighted by molar-refractivity contribution is 7.89. The van der Waals surface area contributed by atoms with E-state index < -0.39 is 10.0 Å². The molecule has 2 aromatic heterocycles. The normalized spacial score (nSPS) is 21.2. The smallest absolute Gasteiger partial charge is 0.261 e. The molecule has 2 unspecified atom stereocenters. The van der Waals surface area contributed by atoms with Gasteiger partial charge in [-0.15, -0.1) is 0 Å². The third-order valence-electron chi connectivity index (χ3n) is 6.05. The molecule has 30 heavy (non-hydrogen) atoms. The average molecular weight is 426 g/mol. The molecule has 4 heterocycles. The minimum Gasteiger partial charge on any atom is -0.497 e. The van der Waals surface area contributed by atoms with Crippen LogP contribution in [0, 0.1) is 5.92 Å². The van der Waals surface area contributed by atoms with Crippen LogP contribution in [0.3, 0.4) is 0 Å². The fraction of sp³-hybridized carbons (Fsp3) is 0.318. The Bertz CT molecular complexity index is 1230. The Balaban J connectivity index is 1.47. The molecule has 2 aliphatic rings. The van der Waals surface area contributed by atoms with E-state index in [1.807, 2.05) is 6.07 Å². The van der Waals surface area contributed by atoms with Gasteiger partial charge in [0, 0.05) is 31.2 Å². The van der Waals surface area contributed by atoms with Crippen molar-refractivity contribution in [2.75, 3.05) is 20.2 Å². The molecule has 0 aliphatic carbocycles. The highest BCUT2D eigenvalue weighted by atomic mass is 32.2. The minimum atomic E-state index is -3.61. The largest absolute Gasteiger partial charge is 0.497 e. The van der Waals surface area contributed by atoms with Crippen molar-refractivity contribution >= 4 is 10.0 Å². The van der Waals surface area contributed by atoms with Gasteiger partial charge in [-0.1, -0.05) is 0 Å². The summed E-state index contributed by atoms with van der Waals surface area (Å²) in [5.74, 6) is 1.25. The molecule has 0 spiro atoms. The molecule has 5 rings (SSSR count). The van der Waals surface area contributed by atoms with Crippen molar-refractivity contribution in [3.63, 3.8) is 0 Å². The highest BCUT2D eigenvalue weighted by Crippen LogP contribution is 2.38. The van der Waals surface area contributed by atoms with Gasteiger partial charge in [-0.3, -0.25) is 4.79 Å². The van der Waals surface area contributed by atoms with Gasteiger partial charge in [-0.25, -0.2) is 8.42 Å². The molecule has 0 radical (unpaired) electrons. The van der Waals surface area contributed by atoms with E-state index in [0.717, 1.165) is 12.1 Å². The predicted octanol–water partition coefficient (Wildman–Crippen LogP) is 2.92. The topological polar surface area (TPSA) is 81.8 Å². The average Bonchev–Trinajstić information content (AvgIpc) is 3.29. The number of piperidine rings is 1. The van der Waals surface area contributed by atoms with Crippen molar-refractivity contribution < 1.29 is 17.6 Å². The molecular weight excluding hydrogens is 404 g/mol. The Morgan fingerprint density at radius 2 is 1.83 bits per heavy atom. The first-order chi connectivity index (χ1) is 14.5. The van der Waals surface area contributed by atoms with Crippen LogP contribution in [-0.4, -0.2) is 37.5 Å². The van der Waals surface area contributed by atoms with Gasteiger partial charge in [0.1, 0.15) is 11.5 Å². The maximum absolute atomic E-state index is 13.2. The van der Waals surface area contributed by atoms with Crippen LogP contribution in [-0.2, 0) is 16.6 Å². The molecule has 2 atom stereocenters. The van der Waals surface area contributed by atoms with Crippen LogP contribution < -0.4 is 10.3 Å². The zero-order valence-corrected chi connectivity index (χ0v) is 17.3. The summed E-state index contributed by atoms with van der Waals surface area (Å²) < 4.78 is 40.3. The second kappa shape index (κ2) is 7.14. The number of benzene rings is 1. The number of aromatic nitrogens is 1. The van der Waals surface area contributed by atoms with Gasteiger partial charge in [-0.2, -0.15) is 4.31 Å². The summed E-state index contributed by atoms with van der Waals surface area (Å²) in [5, 5.41) is 0. The second-order valence-corrected chi connectivity index (χ2v) is 9.80. The van der Waals surface area contributed by atoms with Gasteiger partial charge < -0.3 is 13.7 Å². The number of furan rings is 1. The van der Waals surface area contributed by atoms with E-state index in [1.165, 1.54) is 0 Å². The van der Waals surface area contributed by atoms with Crippen LogP contribution in [0.1, 0.15) is 18.0 Å². The van der Waals surface area contributed by atoms with E-state index in [2.05, 4.69) is 0 Å². The summed E-state index contributed by atoms with van der Waals surface area (Å²) in [7, 11) is -2.06. The lowest BCUT2D eigenvalue weighted by molar-refractivity contribution is 0.186. The van der Waals surface area contributed by atoms with Gasteiger partial charge in [0.25, 0.3) is 5.56 Å². The molecule has 156 valence electrons. The molecule has 0 N–H and O–H groups in total. The summed E-state index contributed by atoms with van der Waals surface area (Å²) in [6.45, 7) is 1.28. The van der Waals surface area contributed by atoms with E-state index in [4.69, 9.17) is 9.15 Å². The standard InChI is InChI=1S/C22H22N2O5S/c1-28-17-4-6-18(7-5-17)30(26,27)23-12-15-11-16(14-23)20-9-8-19(21-3-2-10-29-21)22(25)24(20)13-15/h2-10,15-16H,11-14H2,1H3. The number of hydrogen-bond acceptors (Lipinski definition) is 5. The van der Waals surface area contributed by atoms with Crippen molar-refractivity contribution in [2.45, 2.75) is 23.8 Å². The third kappa shape index (κ3) is 3.07. The van der Waals surface area contributed by atoms with Crippen LogP contribution in [0.5, 0.6) is 5.75 Å². The molecule has 2 bridgehead atoms. The van der Waals surface area contributed by atoms with Gasteiger partial charge >= 0.3 is 0 Å². The maximum Gasteiger partial charge on any atom is 0.261 e. The van der Waals surface area contributed by atoms with Gasteiger partial charge in [-0.05, 0) is 60.9 Å². The maximum atomic E-state index is 13.2. The number of ether oxygens (including phenoxy) is 1. The third-order valence-corrected chi connectivity index (χ3v) is 7.90. The summed E-state index contributed by atoms with van der Waals surface area (Å²) >= 11 is 0. The summed E-state index contributed by atoms with van der Waals surface area (Å²) in [4.78, 5) is 13.3. The summed E-state index contributed by atoms with van der Waals surface area (Å²) in [6.07, 6.45) is 2.43. The number of nitrogens with zero attached hydrogens (tertiary/aromatic N) is 2. The first-order valence-electron chi connectivity index (χ1n) is 9.89. The van der Waals surface area contributed by atoms with Crippen LogP contribution in [0.2, 0.25) is 0 Å². The number of fused-ring (bicyclic) bond motifs is 4. The molecule has 1 saturated heterocycles. The molecular formula is C22H22N2O5S. The molecule has 1 fully saturated rings. The van der Waals surface area contributed by atoms with E-state index in [0.29, 0.717) is 36.7 Å². The fourth-order valence-corrected chi connectivity index (χ4v) is 6.18. The highest BCUT2D eigenvalue weighted by Gasteiger charge is 2.39. The second-order valence-electron chi connectivity index (χ2n) is 7.86. The Labute approximate surface area is 174 Å². The molecule has 0 amide bonds. The van der Waals surface area contributed by atoms with Crippen LogP contribution in [0.25, 0.3) is 11.3 Å². The number of pyridine rings is 1. The monoisotopic (exact) mass is 426 g/mol. The number of sulfonamides is 1. The van der Waals surface area contributed by atoms with Crippen molar-refractivity contribution in [3.05, 3.63) is 70.8 Å². The van der Waals surface area contributed by atoms with Crippen LogP contribution >= 0.6 is 0 Å². The van der Waals surface area contributed by atoms with Crippen molar-refractivity contribution in [2.24, 2.45) is 5.92 Å². The molecule has 3 aromatic rings. The molecule has 8 heteroatoms. The van der Waals surface area contributed by atoms with Crippen molar-refractivity contribution in [1.29, 1.82) is 0 Å². The van der Waals surface area contributed by atoms with Crippen molar-refractivity contribution in [3.8, 4) is 17.1 Å². The first kappa shape index (κ1) is 19.1. The molecule has 2 aliphatic heterocycles. The van der Waals surface area contributed by atoms with E-state index >= 15 is 0 Å². The molecule has 7 nitrogen and oxygen atoms in total. The van der Waals surface area contributed by atoms with Crippen molar-refractivity contribution in [1.82, 2.24) is 8.87 Å². The minimum absolute atomic E-state index is 0.0103. The van der Waals surface area contributed by atoms with Crippen LogP contribution in [0.15, 0.2) is 68.9 Å². The van der Waals surface area contributed by atoms with Gasteiger partial charge in [0.05, 0.1) is 23.8 Å². The first-order valence-corrected chi connectivity index (χ1v) is 11.3. The quantitative estimate of drug-likeness (QED) is 0.641. The number of hydrogen-bond donors (Lipinski definition) is 0. The van der Waals surface area contributed by atoms with Crippen LogP contribution in [0.4, 0.5) is 0 Å². The van der Waals surface area contributed by atoms with E-state index in [1.54, 1.807) is 64.7 Å². The Morgan fingerprint density at radius 1 is 1.03 bits per heavy atom. The SMILES string of the molecule is COc1ccc(S(=O)(=O)N2CC3CC(C2)c2ccc(-c4ccco4)c(=O)n2C3)cc1. The molecule has 0 saturated carbocycles. The lowest BCUT2D eigenvalue weighted by Crippen LogP contribution is -2.49. The zero-order valence-electron chi connectivity index (χ0n) is 16.5. The van der Waals surface area contributed by atoms with Gasteiger partial charge in [0.2, 0.25) is 10.0 Å². The Hall–Kier alpha value is -2.84. The molecule has 1 aromatic carbocycles. The van der Waals surface area contributed by atoms with E-state index in [-0.39, 0.29) is 22.3 Å². The summed E-state index contributed by atoms with van der Waals surface area (Å²) in [5.41, 5.74) is 1.34. The fourth-order valence-electron chi connectivity index (χ4n) is 4.61. The zero-order chi connectivity index (χ0) is 20.9. The summed E-state index contributed by atoms with van der Waals surface area (Å²) in [6, 6.07) is 13.7. The Morgan fingerprint density at radius 3 is 2.53 bits per heavy atom.